The van der Waals surface area contributed by atoms with Crippen LogP contribution in [0.25, 0.3) is 10.8 Å². The quantitative estimate of drug-likeness (QED) is 0.585. The Morgan fingerprint density at radius 2 is 1.74 bits per heavy atom. The summed E-state index contributed by atoms with van der Waals surface area (Å²) >= 11 is 3.41. The van der Waals surface area contributed by atoms with Crippen LogP contribution in [0.2, 0.25) is 0 Å². The molecule has 31 heavy (non-hydrogen) atoms. The van der Waals surface area contributed by atoms with E-state index in [0.29, 0.717) is 5.56 Å². The van der Waals surface area contributed by atoms with Gasteiger partial charge in [-0.3, -0.25) is 19.3 Å². The first-order valence-corrected chi connectivity index (χ1v) is 10.8. The zero-order chi connectivity index (χ0) is 22.1. The first kappa shape index (κ1) is 21.1. The number of hydrogen-bond acceptors (Lipinski definition) is 3. The lowest BCUT2D eigenvalue weighted by Gasteiger charge is -2.30. The van der Waals surface area contributed by atoms with E-state index in [1.54, 1.807) is 20.0 Å². The number of carbonyl (C=O) groups excluding carboxylic acids is 3. The molecule has 0 aromatic heterocycles. The highest BCUT2D eigenvalue weighted by Gasteiger charge is 2.34. The smallest absolute Gasteiger partial charge is 0.259 e. The molecule has 0 aliphatic carbocycles. The second kappa shape index (κ2) is 8.51. The molecule has 0 radical (unpaired) electrons. The summed E-state index contributed by atoms with van der Waals surface area (Å²) in [5.41, 5.74) is 2.22. The Balaban J connectivity index is 1.63. The van der Waals surface area contributed by atoms with E-state index in [-0.39, 0.29) is 30.8 Å². The van der Waals surface area contributed by atoms with Crippen molar-refractivity contribution in [3.63, 3.8) is 0 Å². The van der Waals surface area contributed by atoms with Crippen LogP contribution in [0.4, 0.5) is 5.69 Å². The van der Waals surface area contributed by atoms with Gasteiger partial charge >= 0.3 is 0 Å². The van der Waals surface area contributed by atoms with E-state index in [2.05, 4.69) is 21.2 Å². The molecule has 3 aromatic carbocycles. The van der Waals surface area contributed by atoms with E-state index in [1.807, 2.05) is 54.6 Å². The maximum absolute atomic E-state index is 13.4. The van der Waals surface area contributed by atoms with Crippen molar-refractivity contribution in [1.29, 1.82) is 0 Å². The third-order valence-electron chi connectivity index (χ3n) is 5.62. The first-order chi connectivity index (χ1) is 14.9. The van der Waals surface area contributed by atoms with E-state index in [4.69, 9.17) is 0 Å². The molecule has 1 unspecified atom stereocenters. The lowest BCUT2D eigenvalue weighted by molar-refractivity contribution is -0.139. The minimum Gasteiger partial charge on any atom is -0.357 e. The predicted octanol–water partition coefficient (Wildman–Crippen LogP) is 3.73. The van der Waals surface area contributed by atoms with E-state index in [1.165, 1.54) is 9.80 Å². The zero-order valence-corrected chi connectivity index (χ0v) is 18.8. The van der Waals surface area contributed by atoms with Gasteiger partial charge in [0, 0.05) is 29.0 Å². The van der Waals surface area contributed by atoms with Crippen LogP contribution in [-0.4, -0.2) is 42.3 Å². The Morgan fingerprint density at radius 3 is 2.42 bits per heavy atom. The van der Waals surface area contributed by atoms with E-state index in [9.17, 15) is 14.4 Å². The molecule has 4 rings (SSSR count). The second-order valence-electron chi connectivity index (χ2n) is 7.51. The molecule has 1 atom stereocenters. The van der Waals surface area contributed by atoms with Crippen molar-refractivity contribution in [2.24, 2.45) is 0 Å². The number of halogens is 1. The molecule has 6 nitrogen and oxygen atoms in total. The van der Waals surface area contributed by atoms with Crippen molar-refractivity contribution >= 4 is 50.1 Å². The maximum Gasteiger partial charge on any atom is 0.259 e. The summed E-state index contributed by atoms with van der Waals surface area (Å²) in [6.07, 6.45) is 0. The Hall–Kier alpha value is -3.19. The van der Waals surface area contributed by atoms with Crippen LogP contribution in [0.1, 0.15) is 22.8 Å². The Morgan fingerprint density at radius 1 is 1.06 bits per heavy atom. The van der Waals surface area contributed by atoms with Gasteiger partial charge in [-0.25, -0.2) is 0 Å². The molecule has 0 spiro atoms. The minimum atomic E-state index is -0.683. The molecule has 1 N–H and O–H groups in total. The average Bonchev–Trinajstić information content (AvgIpc) is 3.05. The molecular formula is C24H22BrN3O3. The van der Waals surface area contributed by atoms with Gasteiger partial charge < -0.3 is 10.2 Å². The van der Waals surface area contributed by atoms with Gasteiger partial charge in [0.25, 0.3) is 5.91 Å². The highest BCUT2D eigenvalue weighted by Crippen LogP contribution is 2.37. The lowest BCUT2D eigenvalue weighted by Crippen LogP contribution is -2.50. The predicted molar refractivity (Wildman–Crippen MR) is 124 cm³/mol. The summed E-state index contributed by atoms with van der Waals surface area (Å²) in [7, 11) is 1.54. The molecule has 1 aliphatic rings. The van der Waals surface area contributed by atoms with E-state index in [0.717, 1.165) is 26.5 Å². The van der Waals surface area contributed by atoms with E-state index < -0.39 is 6.04 Å². The third kappa shape index (κ3) is 3.93. The van der Waals surface area contributed by atoms with Crippen LogP contribution in [-0.2, 0) is 16.1 Å². The number of nitrogens with one attached hydrogen (secondary N) is 1. The number of hydrogen-bond donors (Lipinski definition) is 1. The SMILES string of the molecule is CNC(=O)C(C)N(Cc1ccc(Br)cc1)C(=O)CN1C(=O)c2cccc3cccc1c23. The topological polar surface area (TPSA) is 69.7 Å². The fourth-order valence-corrected chi connectivity index (χ4v) is 4.20. The number of rotatable bonds is 6. The monoisotopic (exact) mass is 479 g/mol. The summed E-state index contributed by atoms with van der Waals surface area (Å²) < 4.78 is 0.932. The Bertz CT molecular complexity index is 1170. The highest BCUT2D eigenvalue weighted by molar-refractivity contribution is 9.10. The molecule has 1 aliphatic heterocycles. The largest absolute Gasteiger partial charge is 0.357 e. The number of nitrogens with zero attached hydrogens (tertiary/aromatic N) is 2. The molecule has 3 aromatic rings. The van der Waals surface area contributed by atoms with Crippen LogP contribution in [0.5, 0.6) is 0 Å². The summed E-state index contributed by atoms with van der Waals surface area (Å²) in [4.78, 5) is 41.8. The van der Waals surface area contributed by atoms with Gasteiger partial charge in [0.15, 0.2) is 0 Å². The van der Waals surface area contributed by atoms with Crippen molar-refractivity contribution < 1.29 is 14.4 Å². The van der Waals surface area contributed by atoms with Crippen LogP contribution >= 0.6 is 15.9 Å². The highest BCUT2D eigenvalue weighted by atomic mass is 79.9. The second-order valence-corrected chi connectivity index (χ2v) is 8.43. The normalized spacial score (nSPS) is 13.4. The molecular weight excluding hydrogens is 458 g/mol. The van der Waals surface area contributed by atoms with Crippen molar-refractivity contribution in [2.45, 2.75) is 19.5 Å². The molecule has 158 valence electrons. The fourth-order valence-electron chi connectivity index (χ4n) is 3.94. The number of anilines is 1. The summed E-state index contributed by atoms with van der Waals surface area (Å²) in [6, 6.07) is 18.2. The zero-order valence-electron chi connectivity index (χ0n) is 17.3. The first-order valence-electron chi connectivity index (χ1n) is 10.00. The molecule has 7 heteroatoms. The molecule has 0 saturated heterocycles. The molecule has 1 heterocycles. The van der Waals surface area contributed by atoms with Crippen molar-refractivity contribution in [3.05, 3.63) is 76.3 Å². The summed E-state index contributed by atoms with van der Waals surface area (Å²) in [5, 5.41) is 4.43. The Labute approximate surface area is 189 Å². The van der Waals surface area contributed by atoms with Gasteiger partial charge in [0.05, 0.1) is 5.69 Å². The number of benzene rings is 3. The van der Waals surface area contributed by atoms with Crippen LogP contribution in [0.15, 0.2) is 65.1 Å². The van der Waals surface area contributed by atoms with Crippen LogP contribution < -0.4 is 10.2 Å². The maximum atomic E-state index is 13.4. The third-order valence-corrected chi connectivity index (χ3v) is 6.15. The van der Waals surface area contributed by atoms with E-state index >= 15 is 0 Å². The molecule has 3 amide bonds. The summed E-state index contributed by atoms with van der Waals surface area (Å²) in [6.45, 7) is 1.82. The van der Waals surface area contributed by atoms with Gasteiger partial charge in [0.1, 0.15) is 12.6 Å². The van der Waals surface area contributed by atoms with Gasteiger partial charge in [-0.1, -0.05) is 52.3 Å². The number of amides is 3. The van der Waals surface area contributed by atoms with Gasteiger partial charge in [-0.15, -0.1) is 0 Å². The van der Waals surface area contributed by atoms with Crippen molar-refractivity contribution in [2.75, 3.05) is 18.5 Å². The summed E-state index contributed by atoms with van der Waals surface area (Å²) in [5.74, 6) is -0.753. The standard InChI is InChI=1S/C24H22BrN3O3/c1-15(23(30)26-2)27(13-16-9-11-18(25)12-10-16)21(29)14-28-20-8-4-6-17-5-3-7-19(22(17)20)24(28)31/h3-12,15H,13-14H2,1-2H3,(H,26,30). The number of likely N-dealkylation sites (N-methyl/N-ethyl adjacent to an activating group) is 1. The minimum absolute atomic E-state index is 0.134. The fraction of sp³-hybridized carbons (Fsp3) is 0.208. The van der Waals surface area contributed by atoms with Gasteiger partial charge in [0.2, 0.25) is 11.8 Å². The Kier molecular flexibility index (Phi) is 5.78. The lowest BCUT2D eigenvalue weighted by atomic mass is 10.1. The molecule has 0 saturated carbocycles. The molecule has 0 fully saturated rings. The molecule has 0 bridgehead atoms. The van der Waals surface area contributed by atoms with Gasteiger partial charge in [-0.2, -0.15) is 0 Å². The van der Waals surface area contributed by atoms with Crippen molar-refractivity contribution in [1.82, 2.24) is 10.2 Å². The average molecular weight is 480 g/mol. The van der Waals surface area contributed by atoms with Crippen LogP contribution in [0.3, 0.4) is 0 Å². The van der Waals surface area contributed by atoms with Crippen LogP contribution in [0, 0.1) is 0 Å². The number of carbonyl (C=O) groups is 3. The van der Waals surface area contributed by atoms with Crippen molar-refractivity contribution in [3.8, 4) is 0 Å². The van der Waals surface area contributed by atoms with Gasteiger partial charge in [-0.05, 0) is 42.1 Å².